The third-order valence-electron chi connectivity index (χ3n) is 4.99. The van der Waals surface area contributed by atoms with E-state index >= 15 is 0 Å². The molecule has 3 heterocycles. The second kappa shape index (κ2) is 7.72. The van der Waals surface area contributed by atoms with Gasteiger partial charge in [0.15, 0.2) is 0 Å². The zero-order valence-electron chi connectivity index (χ0n) is 16.2. The predicted molar refractivity (Wildman–Crippen MR) is 106 cm³/mol. The Balaban J connectivity index is 1.52. The van der Waals surface area contributed by atoms with Gasteiger partial charge in [0.25, 0.3) is 0 Å². The van der Waals surface area contributed by atoms with Gasteiger partial charge in [0.1, 0.15) is 29.0 Å². The lowest BCUT2D eigenvalue weighted by atomic mass is 10.0. The lowest BCUT2D eigenvalue weighted by Gasteiger charge is -2.12. The fraction of sp³-hybridized carbons (Fsp3) is 0.286. The molecule has 1 fully saturated rings. The zero-order chi connectivity index (χ0) is 20.4. The number of nitrogens with two attached hydrogens (primary N) is 1. The Labute approximate surface area is 168 Å². The largest absolute Gasteiger partial charge is 0.495 e. The molecule has 2 unspecified atom stereocenters. The van der Waals surface area contributed by atoms with Gasteiger partial charge in [-0.3, -0.25) is 4.98 Å². The molecule has 4 rings (SSSR count). The van der Waals surface area contributed by atoms with Gasteiger partial charge in [0.05, 0.1) is 25.5 Å². The minimum atomic E-state index is 0.171. The number of ether oxygens (including phenoxy) is 2. The van der Waals surface area contributed by atoms with Gasteiger partial charge in [-0.25, -0.2) is 9.97 Å². The van der Waals surface area contributed by atoms with Gasteiger partial charge in [-0.2, -0.15) is 10.2 Å². The van der Waals surface area contributed by atoms with Crippen molar-refractivity contribution in [2.75, 3.05) is 19.5 Å². The van der Waals surface area contributed by atoms with Crippen molar-refractivity contribution in [2.45, 2.75) is 19.3 Å². The third kappa shape index (κ3) is 3.80. The van der Waals surface area contributed by atoms with Crippen LogP contribution >= 0.6 is 0 Å². The van der Waals surface area contributed by atoms with Crippen LogP contribution in [-0.4, -0.2) is 33.7 Å². The summed E-state index contributed by atoms with van der Waals surface area (Å²) in [5, 5.41) is 9.46. The Kier molecular flexibility index (Phi) is 4.96. The summed E-state index contributed by atoms with van der Waals surface area (Å²) in [6.07, 6.45) is 5.95. The van der Waals surface area contributed by atoms with E-state index in [2.05, 4.69) is 26.0 Å². The number of hydrogen-bond acceptors (Lipinski definition) is 8. The highest BCUT2D eigenvalue weighted by Gasteiger charge is 2.40. The molecule has 29 heavy (non-hydrogen) atoms. The molecule has 2 atom stereocenters. The number of nitrogens with zero attached hydrogens (tertiary/aromatic N) is 5. The average molecular weight is 388 g/mol. The van der Waals surface area contributed by atoms with E-state index in [1.54, 1.807) is 38.7 Å². The smallest absolute Gasteiger partial charge is 0.224 e. The lowest BCUT2D eigenvalue weighted by molar-refractivity contribution is 0.285. The minimum absolute atomic E-state index is 0.171. The number of aryl methyl sites for hydroxylation is 1. The van der Waals surface area contributed by atoms with E-state index in [9.17, 15) is 5.26 Å². The normalized spacial score (nSPS) is 17.4. The molecule has 0 spiro atoms. The van der Waals surface area contributed by atoms with Gasteiger partial charge < -0.3 is 15.2 Å². The molecule has 0 aliphatic heterocycles. The minimum Gasteiger partial charge on any atom is -0.495 e. The second-order valence-electron chi connectivity index (χ2n) is 6.90. The van der Waals surface area contributed by atoms with Crippen LogP contribution in [0.3, 0.4) is 0 Å². The van der Waals surface area contributed by atoms with Crippen molar-refractivity contribution in [2.24, 2.45) is 5.92 Å². The molecule has 3 aromatic rings. The number of nitrogen functional groups attached to an aromatic ring is 1. The summed E-state index contributed by atoms with van der Waals surface area (Å²) >= 11 is 0. The van der Waals surface area contributed by atoms with Crippen molar-refractivity contribution < 1.29 is 9.47 Å². The Bertz CT molecular complexity index is 1080. The number of aromatic nitrogens is 4. The van der Waals surface area contributed by atoms with Gasteiger partial charge in [0, 0.05) is 35.5 Å². The molecule has 1 aliphatic rings. The van der Waals surface area contributed by atoms with Crippen LogP contribution in [0.25, 0.3) is 11.1 Å². The Hall–Kier alpha value is -3.73. The van der Waals surface area contributed by atoms with E-state index in [1.807, 2.05) is 12.1 Å². The molecular formula is C21H20N6O2. The van der Waals surface area contributed by atoms with Crippen LogP contribution in [0.1, 0.15) is 29.4 Å². The maximum absolute atomic E-state index is 9.46. The molecule has 0 bridgehead atoms. The quantitative estimate of drug-likeness (QED) is 0.684. The van der Waals surface area contributed by atoms with Gasteiger partial charge >= 0.3 is 0 Å². The molecule has 2 N–H and O–H groups in total. The monoisotopic (exact) mass is 388 g/mol. The van der Waals surface area contributed by atoms with Crippen LogP contribution in [0.5, 0.6) is 11.6 Å². The van der Waals surface area contributed by atoms with Gasteiger partial charge in [-0.05, 0) is 31.5 Å². The van der Waals surface area contributed by atoms with Crippen LogP contribution in [-0.2, 0) is 0 Å². The van der Waals surface area contributed by atoms with Crippen LogP contribution in [0, 0.1) is 24.2 Å². The highest BCUT2D eigenvalue weighted by atomic mass is 16.5. The van der Waals surface area contributed by atoms with Crippen LogP contribution < -0.4 is 15.2 Å². The second-order valence-corrected chi connectivity index (χ2v) is 6.90. The first kappa shape index (κ1) is 18.6. The van der Waals surface area contributed by atoms with E-state index in [0.29, 0.717) is 41.3 Å². The fourth-order valence-corrected chi connectivity index (χ4v) is 3.28. The summed E-state index contributed by atoms with van der Waals surface area (Å²) in [7, 11) is 1.62. The SMILES string of the molecule is COc1ccc(C2CC2COc2nc(C)ncc2-c2ccnc(N)c2C#N)nc1. The molecule has 146 valence electrons. The summed E-state index contributed by atoms with van der Waals surface area (Å²) in [6, 6.07) is 7.73. The van der Waals surface area contributed by atoms with Gasteiger partial charge in [-0.15, -0.1) is 0 Å². The summed E-state index contributed by atoms with van der Waals surface area (Å²) < 4.78 is 11.2. The molecule has 8 heteroatoms. The standard InChI is InChI=1S/C21H20N6O2/c1-12-25-10-18(15-5-6-24-20(23)17(15)8-22)21(27-12)29-11-13-7-16(13)19-4-3-14(28-2)9-26-19/h3-6,9-10,13,16H,7,11H2,1-2H3,(H2,23,24). The number of rotatable bonds is 6. The Morgan fingerprint density at radius 2 is 2.03 bits per heavy atom. The first-order valence-corrected chi connectivity index (χ1v) is 9.22. The summed E-state index contributed by atoms with van der Waals surface area (Å²) in [5.74, 6) is 2.66. The number of hydrogen-bond donors (Lipinski definition) is 1. The summed E-state index contributed by atoms with van der Waals surface area (Å²) in [4.78, 5) is 17.1. The molecule has 1 saturated carbocycles. The third-order valence-corrected chi connectivity index (χ3v) is 4.99. The highest BCUT2D eigenvalue weighted by Crippen LogP contribution is 2.47. The van der Waals surface area contributed by atoms with E-state index < -0.39 is 0 Å². The summed E-state index contributed by atoms with van der Waals surface area (Å²) in [6.45, 7) is 2.30. The molecule has 1 aliphatic carbocycles. The van der Waals surface area contributed by atoms with E-state index in [0.717, 1.165) is 17.9 Å². The predicted octanol–water partition coefficient (Wildman–Crippen LogP) is 2.89. The molecule has 0 saturated heterocycles. The first-order valence-electron chi connectivity index (χ1n) is 9.22. The number of pyridine rings is 2. The van der Waals surface area contributed by atoms with Crippen molar-refractivity contribution >= 4 is 5.82 Å². The maximum atomic E-state index is 9.46. The summed E-state index contributed by atoms with van der Waals surface area (Å²) in [5.41, 5.74) is 8.41. The first-order chi connectivity index (χ1) is 14.1. The maximum Gasteiger partial charge on any atom is 0.224 e. The molecule has 0 radical (unpaired) electrons. The zero-order valence-corrected chi connectivity index (χ0v) is 16.2. The van der Waals surface area contributed by atoms with Crippen molar-refractivity contribution in [3.63, 3.8) is 0 Å². The van der Waals surface area contributed by atoms with Crippen molar-refractivity contribution in [1.82, 2.24) is 19.9 Å². The molecular weight excluding hydrogens is 368 g/mol. The average Bonchev–Trinajstić information content (AvgIpc) is 3.52. The van der Waals surface area contributed by atoms with Crippen molar-refractivity contribution in [3.8, 4) is 28.8 Å². The van der Waals surface area contributed by atoms with Crippen molar-refractivity contribution in [3.05, 3.63) is 53.9 Å². The number of methoxy groups -OCH3 is 1. The number of nitriles is 1. The van der Waals surface area contributed by atoms with Crippen molar-refractivity contribution in [1.29, 1.82) is 5.26 Å². The molecule has 3 aromatic heterocycles. The number of anilines is 1. The van der Waals surface area contributed by atoms with Crippen LogP contribution in [0.4, 0.5) is 5.82 Å². The van der Waals surface area contributed by atoms with Gasteiger partial charge in [0.2, 0.25) is 5.88 Å². The fourth-order valence-electron chi connectivity index (χ4n) is 3.28. The molecule has 0 amide bonds. The van der Waals surface area contributed by atoms with E-state index in [1.165, 1.54) is 0 Å². The van der Waals surface area contributed by atoms with Crippen LogP contribution in [0.2, 0.25) is 0 Å². The molecule has 8 nitrogen and oxygen atoms in total. The van der Waals surface area contributed by atoms with Gasteiger partial charge in [-0.1, -0.05) is 0 Å². The van der Waals surface area contributed by atoms with E-state index in [4.69, 9.17) is 15.2 Å². The Morgan fingerprint density at radius 1 is 1.17 bits per heavy atom. The lowest BCUT2D eigenvalue weighted by Crippen LogP contribution is -2.06. The Morgan fingerprint density at radius 3 is 2.76 bits per heavy atom. The topological polar surface area (TPSA) is 120 Å². The molecule has 0 aromatic carbocycles. The van der Waals surface area contributed by atoms with E-state index in [-0.39, 0.29) is 11.4 Å². The highest BCUT2D eigenvalue weighted by molar-refractivity contribution is 5.77. The van der Waals surface area contributed by atoms with Crippen LogP contribution in [0.15, 0.2) is 36.8 Å².